The van der Waals surface area contributed by atoms with Crippen LogP contribution in [0.4, 0.5) is 10.1 Å². The highest BCUT2D eigenvalue weighted by atomic mass is 79.9. The van der Waals surface area contributed by atoms with Gasteiger partial charge in [-0.2, -0.15) is 0 Å². The van der Waals surface area contributed by atoms with Crippen molar-refractivity contribution in [1.82, 2.24) is 0 Å². The normalized spacial score (nSPS) is 10.5. The highest BCUT2D eigenvalue weighted by Crippen LogP contribution is 2.35. The van der Waals surface area contributed by atoms with Crippen molar-refractivity contribution in [3.8, 4) is 5.75 Å². The summed E-state index contributed by atoms with van der Waals surface area (Å²) >= 11 is 15.1. The van der Waals surface area contributed by atoms with Crippen molar-refractivity contribution in [3.63, 3.8) is 0 Å². The van der Waals surface area contributed by atoms with Crippen molar-refractivity contribution in [1.29, 1.82) is 0 Å². The molecule has 0 spiro atoms. The lowest BCUT2D eigenvalue weighted by atomic mass is 10.2. The molecule has 100 valence electrons. The zero-order valence-electron chi connectivity index (χ0n) is 9.59. The summed E-state index contributed by atoms with van der Waals surface area (Å²) in [5.41, 5.74) is 6.85. The van der Waals surface area contributed by atoms with Gasteiger partial charge in [-0.3, -0.25) is 0 Å². The maximum atomic E-state index is 13.1. The molecule has 0 unspecified atom stereocenters. The predicted octanol–water partition coefficient (Wildman–Crippen LogP) is 5.06. The Morgan fingerprint density at radius 3 is 2.37 bits per heavy atom. The summed E-state index contributed by atoms with van der Waals surface area (Å²) < 4.78 is 19.0. The van der Waals surface area contributed by atoms with Crippen LogP contribution in [0, 0.1) is 5.82 Å². The number of anilines is 1. The van der Waals surface area contributed by atoms with Crippen LogP contribution in [0.3, 0.4) is 0 Å². The molecule has 0 saturated heterocycles. The standard InChI is InChI=1S/C13H9BrCl2FNO/c14-9-3-7(1-2-12(9)17)6-19-13-10(15)4-8(18)5-11(13)16/h1-5H,6,18H2. The summed E-state index contributed by atoms with van der Waals surface area (Å²) in [5.74, 6) is 0.0327. The molecule has 19 heavy (non-hydrogen) atoms. The maximum absolute atomic E-state index is 13.1. The van der Waals surface area contributed by atoms with E-state index in [1.165, 1.54) is 6.07 Å². The first-order valence-electron chi connectivity index (χ1n) is 5.28. The highest BCUT2D eigenvalue weighted by Gasteiger charge is 2.09. The predicted molar refractivity (Wildman–Crippen MR) is 79.3 cm³/mol. The van der Waals surface area contributed by atoms with Crippen LogP contribution in [0.5, 0.6) is 5.75 Å². The van der Waals surface area contributed by atoms with E-state index >= 15 is 0 Å². The second kappa shape index (κ2) is 5.99. The second-order valence-corrected chi connectivity index (χ2v) is 5.52. The Labute approximate surface area is 128 Å². The van der Waals surface area contributed by atoms with E-state index in [0.717, 1.165) is 5.56 Å². The summed E-state index contributed by atoms with van der Waals surface area (Å²) in [6.45, 7) is 0.224. The second-order valence-electron chi connectivity index (χ2n) is 3.85. The fourth-order valence-electron chi connectivity index (χ4n) is 1.50. The molecule has 0 aliphatic heterocycles. The fourth-order valence-corrected chi connectivity index (χ4v) is 2.54. The molecule has 6 heteroatoms. The average Bonchev–Trinajstić information content (AvgIpc) is 2.32. The van der Waals surface area contributed by atoms with Gasteiger partial charge in [-0.1, -0.05) is 29.3 Å². The molecule has 2 aromatic rings. The van der Waals surface area contributed by atoms with Crippen LogP contribution in [-0.2, 0) is 6.61 Å². The van der Waals surface area contributed by atoms with E-state index < -0.39 is 0 Å². The Hall–Kier alpha value is -0.970. The third-order valence-corrected chi connectivity index (χ3v) is 3.56. The van der Waals surface area contributed by atoms with E-state index in [9.17, 15) is 4.39 Å². The van der Waals surface area contributed by atoms with Crippen LogP contribution in [0.1, 0.15) is 5.56 Å². The molecule has 0 bridgehead atoms. The lowest BCUT2D eigenvalue weighted by molar-refractivity contribution is 0.306. The van der Waals surface area contributed by atoms with Crippen LogP contribution in [0.2, 0.25) is 10.0 Å². The van der Waals surface area contributed by atoms with Crippen molar-refractivity contribution in [2.24, 2.45) is 0 Å². The molecule has 0 aromatic heterocycles. The minimum atomic E-state index is -0.327. The molecule has 2 rings (SSSR count). The molecule has 0 saturated carbocycles. The van der Waals surface area contributed by atoms with Gasteiger partial charge in [-0.25, -0.2) is 4.39 Å². The van der Waals surface area contributed by atoms with Gasteiger partial charge in [0.2, 0.25) is 0 Å². The summed E-state index contributed by atoms with van der Waals surface area (Å²) in [4.78, 5) is 0. The molecule has 0 radical (unpaired) electrons. The van der Waals surface area contributed by atoms with Crippen LogP contribution < -0.4 is 10.5 Å². The molecular formula is C13H9BrCl2FNO. The van der Waals surface area contributed by atoms with Gasteiger partial charge in [0.05, 0.1) is 14.5 Å². The Balaban J connectivity index is 2.16. The van der Waals surface area contributed by atoms with Crippen molar-refractivity contribution in [3.05, 3.63) is 56.2 Å². The number of halogens is 4. The number of hydrogen-bond acceptors (Lipinski definition) is 2. The summed E-state index contributed by atoms with van der Waals surface area (Å²) in [6.07, 6.45) is 0. The molecule has 2 nitrogen and oxygen atoms in total. The van der Waals surface area contributed by atoms with Crippen LogP contribution in [0.25, 0.3) is 0 Å². The van der Waals surface area contributed by atoms with Gasteiger partial charge < -0.3 is 10.5 Å². The van der Waals surface area contributed by atoms with E-state index in [1.54, 1.807) is 24.3 Å². The third kappa shape index (κ3) is 3.53. The molecule has 0 heterocycles. The van der Waals surface area contributed by atoms with Crippen molar-refractivity contribution >= 4 is 44.8 Å². The highest BCUT2D eigenvalue weighted by molar-refractivity contribution is 9.10. The Morgan fingerprint density at radius 1 is 1.16 bits per heavy atom. The molecule has 0 amide bonds. The minimum Gasteiger partial charge on any atom is -0.486 e. The molecule has 0 atom stereocenters. The largest absolute Gasteiger partial charge is 0.486 e. The number of benzene rings is 2. The van der Waals surface area contributed by atoms with E-state index in [1.807, 2.05) is 0 Å². The number of nitrogens with two attached hydrogens (primary N) is 1. The average molecular weight is 365 g/mol. The lowest BCUT2D eigenvalue weighted by Crippen LogP contribution is -1.98. The Morgan fingerprint density at radius 2 is 1.79 bits per heavy atom. The molecular weight excluding hydrogens is 356 g/mol. The third-order valence-electron chi connectivity index (χ3n) is 2.39. The van der Waals surface area contributed by atoms with Crippen LogP contribution in [-0.4, -0.2) is 0 Å². The SMILES string of the molecule is Nc1cc(Cl)c(OCc2ccc(F)c(Br)c2)c(Cl)c1. The topological polar surface area (TPSA) is 35.2 Å². The van der Waals surface area contributed by atoms with E-state index in [0.29, 0.717) is 26.0 Å². The van der Waals surface area contributed by atoms with Crippen molar-refractivity contribution in [2.45, 2.75) is 6.61 Å². The van der Waals surface area contributed by atoms with Gasteiger partial charge in [-0.15, -0.1) is 0 Å². The summed E-state index contributed by atoms with van der Waals surface area (Å²) in [5, 5.41) is 0.678. The van der Waals surface area contributed by atoms with Gasteiger partial charge >= 0.3 is 0 Å². The van der Waals surface area contributed by atoms with Crippen molar-refractivity contribution in [2.75, 3.05) is 5.73 Å². The van der Waals surface area contributed by atoms with E-state index in [-0.39, 0.29) is 12.4 Å². The zero-order chi connectivity index (χ0) is 14.0. The Bertz CT molecular complexity index is 599. The lowest BCUT2D eigenvalue weighted by Gasteiger charge is -2.11. The zero-order valence-corrected chi connectivity index (χ0v) is 12.7. The molecule has 0 fully saturated rings. The van der Waals surface area contributed by atoms with Gasteiger partial charge in [-0.05, 0) is 45.8 Å². The summed E-state index contributed by atoms with van der Waals surface area (Å²) in [7, 11) is 0. The molecule has 0 aliphatic rings. The maximum Gasteiger partial charge on any atom is 0.157 e. The first-order valence-corrected chi connectivity index (χ1v) is 6.83. The quantitative estimate of drug-likeness (QED) is 0.773. The van der Waals surface area contributed by atoms with Gasteiger partial charge in [0.25, 0.3) is 0 Å². The fraction of sp³-hybridized carbons (Fsp3) is 0.0769. The minimum absolute atomic E-state index is 0.224. The van der Waals surface area contributed by atoms with Crippen LogP contribution >= 0.6 is 39.1 Å². The van der Waals surface area contributed by atoms with Crippen LogP contribution in [0.15, 0.2) is 34.8 Å². The first kappa shape index (κ1) is 14.4. The Kier molecular flexibility index (Phi) is 4.55. The molecule has 2 aromatic carbocycles. The number of nitrogen functional groups attached to an aromatic ring is 1. The van der Waals surface area contributed by atoms with Gasteiger partial charge in [0.1, 0.15) is 12.4 Å². The smallest absolute Gasteiger partial charge is 0.157 e. The number of ether oxygens (including phenoxy) is 1. The van der Waals surface area contributed by atoms with E-state index in [2.05, 4.69) is 15.9 Å². The molecule has 2 N–H and O–H groups in total. The van der Waals surface area contributed by atoms with Crippen molar-refractivity contribution < 1.29 is 9.13 Å². The van der Waals surface area contributed by atoms with Gasteiger partial charge in [0, 0.05) is 5.69 Å². The van der Waals surface area contributed by atoms with E-state index in [4.69, 9.17) is 33.7 Å². The monoisotopic (exact) mass is 363 g/mol. The first-order chi connectivity index (χ1) is 8.97. The summed E-state index contributed by atoms with van der Waals surface area (Å²) in [6, 6.07) is 7.73. The molecule has 0 aliphatic carbocycles. The number of rotatable bonds is 3. The number of hydrogen-bond donors (Lipinski definition) is 1. The van der Waals surface area contributed by atoms with Gasteiger partial charge in [0.15, 0.2) is 5.75 Å².